The van der Waals surface area contributed by atoms with Gasteiger partial charge in [-0.3, -0.25) is 0 Å². The van der Waals surface area contributed by atoms with Crippen molar-refractivity contribution in [3.05, 3.63) is 62.0 Å². The number of ether oxygens (including phenoxy) is 1. The molecule has 0 aromatic heterocycles. The maximum atomic E-state index is 5.25. The SMILES string of the molecule is CNC(c1ccc(OC)cc1Br)c1cccc(Br)c1C. The molecule has 0 aliphatic heterocycles. The van der Waals surface area contributed by atoms with Gasteiger partial charge in [0.2, 0.25) is 0 Å². The van der Waals surface area contributed by atoms with E-state index in [2.05, 4.69) is 68.4 Å². The van der Waals surface area contributed by atoms with Crippen LogP contribution in [0.2, 0.25) is 0 Å². The Morgan fingerprint density at radius 2 is 1.80 bits per heavy atom. The molecule has 2 aromatic rings. The van der Waals surface area contributed by atoms with Gasteiger partial charge < -0.3 is 10.1 Å². The Hall–Kier alpha value is -0.840. The van der Waals surface area contributed by atoms with Gasteiger partial charge in [-0.2, -0.15) is 0 Å². The third-order valence-electron chi connectivity index (χ3n) is 3.43. The Kier molecular flexibility index (Phi) is 5.24. The summed E-state index contributed by atoms with van der Waals surface area (Å²) in [6.45, 7) is 2.13. The highest BCUT2D eigenvalue weighted by Gasteiger charge is 2.18. The molecule has 0 spiro atoms. The topological polar surface area (TPSA) is 21.3 Å². The second-order valence-corrected chi connectivity index (χ2v) is 6.27. The van der Waals surface area contributed by atoms with E-state index in [0.717, 1.165) is 14.7 Å². The fourth-order valence-electron chi connectivity index (χ4n) is 2.28. The molecule has 106 valence electrons. The lowest BCUT2D eigenvalue weighted by atomic mass is 9.95. The summed E-state index contributed by atoms with van der Waals surface area (Å²) < 4.78 is 7.42. The highest BCUT2D eigenvalue weighted by molar-refractivity contribution is 9.10. The average Bonchev–Trinajstić information content (AvgIpc) is 2.45. The van der Waals surface area contributed by atoms with Gasteiger partial charge in [0.1, 0.15) is 5.75 Å². The van der Waals surface area contributed by atoms with Crippen molar-refractivity contribution >= 4 is 31.9 Å². The van der Waals surface area contributed by atoms with Gasteiger partial charge in [-0.1, -0.05) is 50.1 Å². The van der Waals surface area contributed by atoms with Crippen LogP contribution in [-0.2, 0) is 0 Å². The molecular weight excluding hydrogens is 382 g/mol. The molecule has 0 heterocycles. The molecule has 1 N–H and O–H groups in total. The molecule has 2 aromatic carbocycles. The largest absolute Gasteiger partial charge is 0.497 e. The number of benzene rings is 2. The van der Waals surface area contributed by atoms with Crippen molar-refractivity contribution in [2.75, 3.05) is 14.2 Å². The third kappa shape index (κ3) is 3.08. The van der Waals surface area contributed by atoms with Gasteiger partial charge in [0.05, 0.1) is 13.2 Å². The first-order valence-corrected chi connectivity index (χ1v) is 7.92. The van der Waals surface area contributed by atoms with E-state index < -0.39 is 0 Å². The van der Waals surface area contributed by atoms with Gasteiger partial charge in [0.25, 0.3) is 0 Å². The summed E-state index contributed by atoms with van der Waals surface area (Å²) in [6, 6.07) is 12.5. The molecule has 0 aliphatic carbocycles. The first kappa shape index (κ1) is 15.5. The minimum absolute atomic E-state index is 0.132. The summed E-state index contributed by atoms with van der Waals surface area (Å²) >= 11 is 7.24. The van der Waals surface area contributed by atoms with Crippen molar-refractivity contribution in [2.45, 2.75) is 13.0 Å². The summed E-state index contributed by atoms with van der Waals surface area (Å²) in [5, 5.41) is 3.39. The zero-order chi connectivity index (χ0) is 14.7. The second kappa shape index (κ2) is 6.74. The van der Waals surface area contributed by atoms with Crippen LogP contribution >= 0.6 is 31.9 Å². The Labute approximate surface area is 136 Å². The number of halogens is 2. The molecule has 0 amide bonds. The molecule has 20 heavy (non-hydrogen) atoms. The predicted molar refractivity (Wildman–Crippen MR) is 90.5 cm³/mol. The Bertz CT molecular complexity index is 613. The van der Waals surface area contributed by atoms with E-state index in [-0.39, 0.29) is 6.04 Å². The van der Waals surface area contributed by atoms with E-state index in [1.54, 1.807) is 7.11 Å². The Balaban J connectivity index is 2.50. The second-order valence-electron chi connectivity index (χ2n) is 4.56. The summed E-state index contributed by atoms with van der Waals surface area (Å²) in [5.41, 5.74) is 3.69. The molecule has 1 atom stereocenters. The highest BCUT2D eigenvalue weighted by atomic mass is 79.9. The first-order chi connectivity index (χ1) is 9.58. The van der Waals surface area contributed by atoms with Gasteiger partial charge >= 0.3 is 0 Å². The van der Waals surface area contributed by atoms with Crippen LogP contribution in [0, 0.1) is 6.92 Å². The minimum atomic E-state index is 0.132. The van der Waals surface area contributed by atoms with Gasteiger partial charge in [0, 0.05) is 8.95 Å². The monoisotopic (exact) mass is 397 g/mol. The maximum Gasteiger partial charge on any atom is 0.120 e. The van der Waals surface area contributed by atoms with E-state index in [0.29, 0.717) is 0 Å². The third-order valence-corrected chi connectivity index (χ3v) is 4.97. The molecule has 0 saturated heterocycles. The minimum Gasteiger partial charge on any atom is -0.497 e. The number of hydrogen-bond acceptors (Lipinski definition) is 2. The van der Waals surface area contributed by atoms with E-state index in [1.807, 2.05) is 19.2 Å². The van der Waals surface area contributed by atoms with Crippen molar-refractivity contribution < 1.29 is 4.74 Å². The summed E-state index contributed by atoms with van der Waals surface area (Å²) in [7, 11) is 3.65. The number of methoxy groups -OCH3 is 1. The van der Waals surface area contributed by atoms with E-state index >= 15 is 0 Å². The van der Waals surface area contributed by atoms with Crippen molar-refractivity contribution in [3.63, 3.8) is 0 Å². The Morgan fingerprint density at radius 3 is 2.40 bits per heavy atom. The lowest BCUT2D eigenvalue weighted by molar-refractivity contribution is 0.414. The molecule has 0 saturated carbocycles. The zero-order valence-electron chi connectivity index (χ0n) is 11.7. The van der Waals surface area contributed by atoms with Crippen LogP contribution in [0.5, 0.6) is 5.75 Å². The van der Waals surface area contributed by atoms with Crippen LogP contribution in [0.1, 0.15) is 22.7 Å². The Morgan fingerprint density at radius 1 is 1.05 bits per heavy atom. The van der Waals surface area contributed by atoms with Crippen LogP contribution in [0.4, 0.5) is 0 Å². The van der Waals surface area contributed by atoms with E-state index in [4.69, 9.17) is 4.74 Å². The maximum absolute atomic E-state index is 5.25. The van der Waals surface area contributed by atoms with Gasteiger partial charge in [-0.05, 0) is 48.9 Å². The number of nitrogens with one attached hydrogen (secondary N) is 1. The lowest BCUT2D eigenvalue weighted by Crippen LogP contribution is -2.19. The number of hydrogen-bond donors (Lipinski definition) is 1. The van der Waals surface area contributed by atoms with Gasteiger partial charge in [-0.15, -0.1) is 0 Å². The lowest BCUT2D eigenvalue weighted by Gasteiger charge is -2.21. The first-order valence-electron chi connectivity index (χ1n) is 6.34. The van der Waals surface area contributed by atoms with Gasteiger partial charge in [0.15, 0.2) is 0 Å². The molecule has 0 radical (unpaired) electrons. The molecule has 0 aliphatic rings. The predicted octanol–water partition coefficient (Wildman–Crippen LogP) is 4.84. The van der Waals surface area contributed by atoms with Crippen LogP contribution in [0.15, 0.2) is 45.3 Å². The van der Waals surface area contributed by atoms with Crippen molar-refractivity contribution in [1.82, 2.24) is 5.32 Å². The van der Waals surface area contributed by atoms with Crippen molar-refractivity contribution in [2.24, 2.45) is 0 Å². The van der Waals surface area contributed by atoms with Crippen molar-refractivity contribution in [3.8, 4) is 5.75 Å². The van der Waals surface area contributed by atoms with Crippen LogP contribution in [0.25, 0.3) is 0 Å². The smallest absolute Gasteiger partial charge is 0.120 e. The fraction of sp³-hybridized carbons (Fsp3) is 0.250. The fourth-order valence-corrected chi connectivity index (χ4v) is 3.25. The molecule has 1 unspecified atom stereocenters. The van der Waals surface area contributed by atoms with E-state index in [9.17, 15) is 0 Å². The van der Waals surface area contributed by atoms with Crippen LogP contribution in [-0.4, -0.2) is 14.2 Å². The van der Waals surface area contributed by atoms with E-state index in [1.165, 1.54) is 16.7 Å². The normalized spacial score (nSPS) is 12.2. The summed E-state index contributed by atoms with van der Waals surface area (Å²) in [4.78, 5) is 0. The highest BCUT2D eigenvalue weighted by Crippen LogP contribution is 2.34. The molecule has 2 nitrogen and oxygen atoms in total. The molecule has 2 rings (SSSR count). The average molecular weight is 399 g/mol. The van der Waals surface area contributed by atoms with Crippen LogP contribution < -0.4 is 10.1 Å². The van der Waals surface area contributed by atoms with Gasteiger partial charge in [-0.25, -0.2) is 0 Å². The summed E-state index contributed by atoms with van der Waals surface area (Å²) in [5.74, 6) is 0.849. The molecule has 0 bridgehead atoms. The zero-order valence-corrected chi connectivity index (χ0v) is 14.9. The molecular formula is C16H17Br2NO. The quantitative estimate of drug-likeness (QED) is 0.795. The van der Waals surface area contributed by atoms with Crippen molar-refractivity contribution in [1.29, 1.82) is 0 Å². The summed E-state index contributed by atoms with van der Waals surface area (Å²) in [6.07, 6.45) is 0. The molecule has 4 heteroatoms. The number of rotatable bonds is 4. The molecule has 0 fully saturated rings. The standard InChI is InChI=1S/C16H17Br2NO/c1-10-12(5-4-6-14(10)17)16(19-2)13-8-7-11(20-3)9-15(13)18/h4-9,16,19H,1-3H3. The van der Waals surface area contributed by atoms with Crippen LogP contribution in [0.3, 0.4) is 0 Å².